The Morgan fingerprint density at radius 1 is 1.44 bits per heavy atom. The minimum Gasteiger partial charge on any atom is -0.464 e. The molecule has 0 saturated carbocycles. The fourth-order valence-corrected chi connectivity index (χ4v) is 1.94. The third-order valence-corrected chi connectivity index (χ3v) is 2.89. The second-order valence-electron chi connectivity index (χ2n) is 4.10. The highest BCUT2D eigenvalue weighted by Crippen LogP contribution is 2.29. The van der Waals surface area contributed by atoms with Crippen molar-refractivity contribution in [3.63, 3.8) is 0 Å². The smallest absolute Gasteiger partial charge is 0.251 e. The van der Waals surface area contributed by atoms with Crippen molar-refractivity contribution in [3.8, 4) is 11.3 Å². The lowest BCUT2D eigenvalue weighted by molar-refractivity contribution is 0.582. The average Bonchev–Trinajstić information content (AvgIpc) is 2.86. The molecule has 0 bridgehead atoms. The molecule has 0 spiro atoms. The highest BCUT2D eigenvalue weighted by Gasteiger charge is 2.11. The molecule has 0 aliphatic carbocycles. The topological polar surface area (TPSA) is 84.9 Å². The van der Waals surface area contributed by atoms with Gasteiger partial charge in [0.2, 0.25) is 0 Å². The van der Waals surface area contributed by atoms with Crippen molar-refractivity contribution in [2.75, 3.05) is 5.73 Å². The molecule has 0 saturated heterocycles. The van der Waals surface area contributed by atoms with Gasteiger partial charge in [-0.15, -0.1) is 0 Å². The van der Waals surface area contributed by atoms with Crippen LogP contribution >= 0.6 is 0 Å². The first-order valence-electron chi connectivity index (χ1n) is 5.49. The molecule has 3 aromatic heterocycles. The molecule has 3 aromatic rings. The number of pyridine rings is 2. The Balaban J connectivity index is 2.45. The van der Waals surface area contributed by atoms with E-state index in [0.717, 1.165) is 10.9 Å². The molecule has 0 amide bonds. The fraction of sp³-hybridized carbons (Fsp3) is 0.0769. The van der Waals surface area contributed by atoms with Gasteiger partial charge >= 0.3 is 0 Å². The Labute approximate surface area is 102 Å². The van der Waals surface area contributed by atoms with Crippen LogP contribution in [0.25, 0.3) is 22.2 Å². The van der Waals surface area contributed by atoms with Gasteiger partial charge in [-0.3, -0.25) is 4.79 Å². The predicted molar refractivity (Wildman–Crippen MR) is 69.2 cm³/mol. The van der Waals surface area contributed by atoms with Crippen LogP contribution in [-0.4, -0.2) is 9.97 Å². The molecule has 90 valence electrons. The molecular formula is C13H11N3O2. The number of furan rings is 1. The van der Waals surface area contributed by atoms with Crippen molar-refractivity contribution < 1.29 is 4.42 Å². The number of nitrogen functional groups attached to an aromatic ring is 1. The van der Waals surface area contributed by atoms with Crippen molar-refractivity contribution >= 4 is 16.7 Å². The van der Waals surface area contributed by atoms with E-state index < -0.39 is 0 Å². The molecular weight excluding hydrogens is 230 g/mol. The van der Waals surface area contributed by atoms with Crippen molar-refractivity contribution in [2.45, 2.75) is 6.92 Å². The van der Waals surface area contributed by atoms with Crippen molar-refractivity contribution in [1.29, 1.82) is 0 Å². The third kappa shape index (κ3) is 1.48. The Morgan fingerprint density at radius 2 is 2.28 bits per heavy atom. The van der Waals surface area contributed by atoms with E-state index in [1.54, 1.807) is 31.5 Å². The van der Waals surface area contributed by atoms with Gasteiger partial charge in [-0.25, -0.2) is 4.98 Å². The van der Waals surface area contributed by atoms with Crippen LogP contribution in [0, 0.1) is 6.92 Å². The number of anilines is 1. The van der Waals surface area contributed by atoms with E-state index in [2.05, 4.69) is 9.97 Å². The number of nitrogens with zero attached hydrogens (tertiary/aromatic N) is 1. The van der Waals surface area contributed by atoms with Gasteiger partial charge in [-0.05, 0) is 25.1 Å². The molecule has 0 fully saturated rings. The second-order valence-corrected chi connectivity index (χ2v) is 4.10. The zero-order valence-electron chi connectivity index (χ0n) is 9.73. The first-order valence-corrected chi connectivity index (χ1v) is 5.49. The number of hydrogen-bond acceptors (Lipinski definition) is 4. The van der Waals surface area contributed by atoms with Crippen LogP contribution in [0.2, 0.25) is 0 Å². The van der Waals surface area contributed by atoms with E-state index in [4.69, 9.17) is 10.2 Å². The summed E-state index contributed by atoms with van der Waals surface area (Å²) in [7, 11) is 0. The minimum absolute atomic E-state index is 0.160. The minimum atomic E-state index is -0.160. The number of fused-ring (bicyclic) bond motifs is 1. The van der Waals surface area contributed by atoms with Crippen LogP contribution < -0.4 is 11.3 Å². The highest BCUT2D eigenvalue weighted by atomic mass is 16.3. The molecule has 3 rings (SSSR count). The normalized spacial score (nSPS) is 10.9. The van der Waals surface area contributed by atoms with E-state index in [9.17, 15) is 4.79 Å². The summed E-state index contributed by atoms with van der Waals surface area (Å²) in [5, 5.41) is 0.828. The van der Waals surface area contributed by atoms with Gasteiger partial charge in [0.05, 0.1) is 11.8 Å². The quantitative estimate of drug-likeness (QED) is 0.683. The highest BCUT2D eigenvalue weighted by molar-refractivity contribution is 5.97. The molecule has 0 unspecified atom stereocenters. The standard InChI is InChI=1S/C13H11N3O2/c1-7-5-8-9(10-3-2-4-18-10)6-15-12(14)11(8)16-13(7)17/h2-6H,1H3,(H2,14,15)(H,16,17). The van der Waals surface area contributed by atoms with E-state index in [1.165, 1.54) is 0 Å². The van der Waals surface area contributed by atoms with Gasteiger partial charge in [0, 0.05) is 22.7 Å². The van der Waals surface area contributed by atoms with Crippen LogP contribution in [0.5, 0.6) is 0 Å². The number of aromatic nitrogens is 2. The first kappa shape index (κ1) is 10.6. The van der Waals surface area contributed by atoms with E-state index in [1.807, 2.05) is 6.07 Å². The van der Waals surface area contributed by atoms with Gasteiger partial charge < -0.3 is 15.1 Å². The number of rotatable bonds is 1. The SMILES string of the molecule is Cc1cc2c(-c3ccco3)cnc(N)c2[nH]c1=O. The molecule has 0 aromatic carbocycles. The Morgan fingerprint density at radius 3 is 3.00 bits per heavy atom. The summed E-state index contributed by atoms with van der Waals surface area (Å²) in [5.41, 5.74) is 7.60. The number of H-pyrrole nitrogens is 1. The summed E-state index contributed by atoms with van der Waals surface area (Å²) >= 11 is 0. The summed E-state index contributed by atoms with van der Waals surface area (Å²) in [6.07, 6.45) is 3.24. The van der Waals surface area contributed by atoms with E-state index >= 15 is 0 Å². The number of nitrogens with one attached hydrogen (secondary N) is 1. The van der Waals surface area contributed by atoms with Gasteiger partial charge in [-0.2, -0.15) is 0 Å². The molecule has 18 heavy (non-hydrogen) atoms. The molecule has 3 N–H and O–H groups in total. The summed E-state index contributed by atoms with van der Waals surface area (Å²) in [6, 6.07) is 5.44. The Hall–Kier alpha value is -2.56. The summed E-state index contributed by atoms with van der Waals surface area (Å²) in [4.78, 5) is 18.4. The molecule has 0 aliphatic rings. The van der Waals surface area contributed by atoms with E-state index in [0.29, 0.717) is 22.7 Å². The maximum absolute atomic E-state index is 11.6. The third-order valence-electron chi connectivity index (χ3n) is 2.89. The average molecular weight is 241 g/mol. The van der Waals surface area contributed by atoms with Crippen LogP contribution in [0.3, 0.4) is 0 Å². The molecule has 5 heteroatoms. The Bertz CT molecular complexity index is 773. The molecule has 3 heterocycles. The second kappa shape index (κ2) is 3.73. The lowest BCUT2D eigenvalue weighted by atomic mass is 10.1. The lowest BCUT2D eigenvalue weighted by Crippen LogP contribution is -2.10. The predicted octanol–water partition coefficient (Wildman–Crippen LogP) is 2.07. The van der Waals surface area contributed by atoms with Gasteiger partial charge in [0.15, 0.2) is 0 Å². The van der Waals surface area contributed by atoms with Crippen molar-refractivity contribution in [2.24, 2.45) is 0 Å². The maximum Gasteiger partial charge on any atom is 0.251 e. The van der Waals surface area contributed by atoms with Crippen LogP contribution in [0.15, 0.2) is 39.9 Å². The van der Waals surface area contributed by atoms with Gasteiger partial charge in [0.25, 0.3) is 5.56 Å². The van der Waals surface area contributed by atoms with Crippen LogP contribution in [-0.2, 0) is 0 Å². The number of nitrogens with two attached hydrogens (primary N) is 1. The lowest BCUT2D eigenvalue weighted by Gasteiger charge is -2.06. The Kier molecular flexibility index (Phi) is 2.19. The zero-order valence-corrected chi connectivity index (χ0v) is 9.73. The summed E-state index contributed by atoms with van der Waals surface area (Å²) in [6.45, 7) is 1.75. The van der Waals surface area contributed by atoms with Crippen molar-refractivity contribution in [3.05, 3.63) is 46.6 Å². The number of hydrogen-bond donors (Lipinski definition) is 2. The monoisotopic (exact) mass is 241 g/mol. The molecule has 0 atom stereocenters. The van der Waals surface area contributed by atoms with Gasteiger partial charge in [-0.1, -0.05) is 0 Å². The van der Waals surface area contributed by atoms with Crippen LogP contribution in [0.4, 0.5) is 5.82 Å². The number of aryl methyl sites for hydroxylation is 1. The van der Waals surface area contributed by atoms with E-state index in [-0.39, 0.29) is 5.56 Å². The largest absolute Gasteiger partial charge is 0.464 e. The first-order chi connectivity index (χ1) is 8.66. The molecule has 5 nitrogen and oxygen atoms in total. The molecule has 0 aliphatic heterocycles. The van der Waals surface area contributed by atoms with Gasteiger partial charge in [0.1, 0.15) is 11.6 Å². The summed E-state index contributed by atoms with van der Waals surface area (Å²) in [5.74, 6) is 0.997. The fourth-order valence-electron chi connectivity index (χ4n) is 1.94. The maximum atomic E-state index is 11.6. The molecule has 0 radical (unpaired) electrons. The summed E-state index contributed by atoms with van der Waals surface area (Å²) < 4.78 is 5.36. The van der Waals surface area contributed by atoms with Crippen LogP contribution in [0.1, 0.15) is 5.56 Å². The zero-order chi connectivity index (χ0) is 12.7. The number of aromatic amines is 1. The van der Waals surface area contributed by atoms with Crippen molar-refractivity contribution in [1.82, 2.24) is 9.97 Å².